The van der Waals surface area contributed by atoms with E-state index in [0.717, 1.165) is 32.1 Å². The van der Waals surface area contributed by atoms with E-state index in [9.17, 15) is 22.3 Å². The highest BCUT2D eigenvalue weighted by molar-refractivity contribution is 7.86. The summed E-state index contributed by atoms with van der Waals surface area (Å²) in [6.07, 6.45) is 5.88. The van der Waals surface area contributed by atoms with Crippen LogP contribution in [0.2, 0.25) is 0 Å². The molecule has 0 aromatic heterocycles. The monoisotopic (exact) mass is 328 g/mol. The van der Waals surface area contributed by atoms with Crippen LogP contribution in [0.4, 0.5) is 8.78 Å². The zero-order valence-corrected chi connectivity index (χ0v) is 12.6. The van der Waals surface area contributed by atoms with E-state index in [0.29, 0.717) is 18.8 Å². The quantitative estimate of drug-likeness (QED) is 0.577. The Kier molecular flexibility index (Phi) is 4.92. The van der Waals surface area contributed by atoms with Crippen LogP contribution in [0.25, 0.3) is 0 Å². The fourth-order valence-corrected chi connectivity index (χ4v) is 3.91. The molecule has 3 atom stereocenters. The lowest BCUT2D eigenvalue weighted by molar-refractivity contribution is -0.0753. The molecule has 0 amide bonds. The molecule has 0 aromatic carbocycles. The largest absolute Gasteiger partial charge is 0.392 e. The van der Waals surface area contributed by atoms with Crippen molar-refractivity contribution in [1.29, 1.82) is 0 Å². The molecule has 2 N–H and O–H groups in total. The molecule has 5 nitrogen and oxygen atoms in total. The summed E-state index contributed by atoms with van der Waals surface area (Å²) in [5.41, 5.74) is -0.621. The van der Waals surface area contributed by atoms with Gasteiger partial charge in [-0.05, 0) is 43.9 Å². The van der Waals surface area contributed by atoms with Gasteiger partial charge in [-0.1, -0.05) is 12.8 Å². The lowest BCUT2D eigenvalue weighted by Gasteiger charge is -2.45. The van der Waals surface area contributed by atoms with Crippen molar-refractivity contribution < 1.29 is 31.6 Å². The molecule has 0 heterocycles. The summed E-state index contributed by atoms with van der Waals surface area (Å²) in [6.45, 7) is -1.34. The number of halogens is 2. The Bertz CT molecular complexity index is 467. The average Bonchev–Trinajstić information content (AvgIpc) is 2.32. The summed E-state index contributed by atoms with van der Waals surface area (Å²) in [5, 5.41) is 6.12. The van der Waals surface area contributed by atoms with E-state index in [1.165, 1.54) is 0 Å². The smallest absolute Gasteiger partial charge is 0.390 e. The van der Waals surface area contributed by atoms with Gasteiger partial charge in [0, 0.05) is 6.61 Å². The number of alkyl halides is 2. The van der Waals surface area contributed by atoms with E-state index >= 15 is 0 Å². The first-order valence-electron chi connectivity index (χ1n) is 7.26. The Morgan fingerprint density at radius 3 is 2.67 bits per heavy atom. The predicted octanol–water partition coefficient (Wildman–Crippen LogP) is 2.21. The number of rotatable bonds is 6. The number of aliphatic hydroxyl groups is 1. The highest BCUT2D eigenvalue weighted by atomic mass is 32.2. The van der Waals surface area contributed by atoms with Gasteiger partial charge in [0.05, 0.1) is 5.60 Å². The van der Waals surface area contributed by atoms with Crippen LogP contribution in [-0.2, 0) is 14.9 Å². The van der Waals surface area contributed by atoms with E-state index in [2.05, 4.69) is 0 Å². The Hall–Kier alpha value is -0.310. The summed E-state index contributed by atoms with van der Waals surface area (Å²) >= 11 is 0. The van der Waals surface area contributed by atoms with E-state index in [1.807, 2.05) is 0 Å². The van der Waals surface area contributed by atoms with Crippen LogP contribution in [0.3, 0.4) is 0 Å². The van der Waals surface area contributed by atoms with Crippen molar-refractivity contribution in [2.45, 2.75) is 55.8 Å². The maximum atomic E-state index is 12.9. The van der Waals surface area contributed by atoms with Crippen molar-refractivity contribution in [3.8, 4) is 0 Å². The van der Waals surface area contributed by atoms with Crippen LogP contribution < -0.4 is 0 Å². The standard InChI is InChI=1S/C13H22F2O5S/c14-13(15,21(17,18)19)9-20-5-3-11-6-10-2-1-4-12(16,7-10)8-11/h10-11,16H,1-9H2,(H,17,18,19)/t10?,11-,12?/m0/s1. The minimum absolute atomic E-state index is 0.00141. The van der Waals surface area contributed by atoms with Crippen LogP contribution >= 0.6 is 0 Å². The molecule has 8 heteroatoms. The van der Waals surface area contributed by atoms with E-state index < -0.39 is 27.6 Å². The van der Waals surface area contributed by atoms with Crippen molar-refractivity contribution in [2.24, 2.45) is 11.8 Å². The summed E-state index contributed by atoms with van der Waals surface area (Å²) in [4.78, 5) is 0. The SMILES string of the molecule is O=S(=O)(O)C(F)(F)COCC[C@H]1CC2CCCC(O)(C2)C1. The molecular formula is C13H22F2O5S. The molecule has 2 unspecified atom stereocenters. The maximum Gasteiger partial charge on any atom is 0.392 e. The van der Waals surface area contributed by atoms with Gasteiger partial charge in [-0.25, -0.2) is 0 Å². The second kappa shape index (κ2) is 6.06. The summed E-state index contributed by atoms with van der Waals surface area (Å²) < 4.78 is 59.8. The number of fused-ring (bicyclic) bond motifs is 2. The van der Waals surface area contributed by atoms with E-state index in [-0.39, 0.29) is 12.5 Å². The maximum absolute atomic E-state index is 12.9. The van der Waals surface area contributed by atoms with E-state index in [1.54, 1.807) is 0 Å². The molecule has 0 aliphatic heterocycles. The zero-order valence-electron chi connectivity index (χ0n) is 11.8. The highest BCUT2D eigenvalue weighted by Crippen LogP contribution is 2.46. The molecule has 2 bridgehead atoms. The van der Waals surface area contributed by atoms with Crippen molar-refractivity contribution >= 4 is 10.1 Å². The first-order valence-corrected chi connectivity index (χ1v) is 8.70. The third-order valence-corrected chi connectivity index (χ3v) is 5.45. The lowest BCUT2D eigenvalue weighted by atomic mass is 9.65. The molecule has 2 saturated carbocycles. The second-order valence-corrected chi connectivity index (χ2v) is 7.99. The molecule has 0 aromatic rings. The molecule has 2 aliphatic rings. The lowest BCUT2D eigenvalue weighted by Crippen LogP contribution is -2.42. The Labute approximate surface area is 123 Å². The molecule has 2 fully saturated rings. The third kappa shape index (κ3) is 4.34. The van der Waals surface area contributed by atoms with Gasteiger partial charge in [0.15, 0.2) is 0 Å². The van der Waals surface area contributed by atoms with Crippen LogP contribution in [0.5, 0.6) is 0 Å². The molecule has 2 aliphatic carbocycles. The van der Waals surface area contributed by atoms with Gasteiger partial charge in [0.25, 0.3) is 0 Å². The Morgan fingerprint density at radius 2 is 2.05 bits per heavy atom. The third-order valence-electron chi connectivity index (χ3n) is 4.58. The summed E-state index contributed by atoms with van der Waals surface area (Å²) in [6, 6.07) is 0. The van der Waals surface area contributed by atoms with Crippen LogP contribution in [0.15, 0.2) is 0 Å². The highest BCUT2D eigenvalue weighted by Gasteiger charge is 2.45. The molecule has 0 spiro atoms. The minimum Gasteiger partial charge on any atom is -0.390 e. The second-order valence-electron chi connectivity index (χ2n) is 6.45. The van der Waals surface area contributed by atoms with Gasteiger partial charge in [-0.3, -0.25) is 4.55 Å². The van der Waals surface area contributed by atoms with Gasteiger partial charge in [-0.2, -0.15) is 17.2 Å². The Morgan fingerprint density at radius 1 is 1.33 bits per heavy atom. The van der Waals surface area contributed by atoms with Crippen molar-refractivity contribution in [3.05, 3.63) is 0 Å². The van der Waals surface area contributed by atoms with Crippen molar-refractivity contribution in [3.63, 3.8) is 0 Å². The first-order chi connectivity index (χ1) is 9.61. The normalized spacial score (nSPS) is 33.9. The molecular weight excluding hydrogens is 306 g/mol. The van der Waals surface area contributed by atoms with E-state index in [4.69, 9.17) is 9.29 Å². The number of hydrogen-bond acceptors (Lipinski definition) is 4. The molecule has 2 rings (SSSR count). The summed E-state index contributed by atoms with van der Waals surface area (Å²) in [5.74, 6) is 0.704. The van der Waals surface area contributed by atoms with Gasteiger partial charge >= 0.3 is 15.4 Å². The topological polar surface area (TPSA) is 83.8 Å². The van der Waals surface area contributed by atoms with Crippen molar-refractivity contribution in [1.82, 2.24) is 0 Å². The molecule has 21 heavy (non-hydrogen) atoms. The Balaban J connectivity index is 1.75. The first kappa shape index (κ1) is 17.1. The van der Waals surface area contributed by atoms with Gasteiger partial charge in [0.2, 0.25) is 0 Å². The van der Waals surface area contributed by atoms with Crippen LogP contribution in [0.1, 0.15) is 44.9 Å². The van der Waals surface area contributed by atoms with Gasteiger partial charge in [-0.15, -0.1) is 0 Å². The van der Waals surface area contributed by atoms with Crippen LogP contribution in [-0.4, -0.2) is 42.1 Å². The minimum atomic E-state index is -5.43. The fourth-order valence-electron chi connectivity index (χ4n) is 3.68. The molecule has 124 valence electrons. The summed E-state index contributed by atoms with van der Waals surface area (Å²) in [7, 11) is -5.43. The average molecular weight is 328 g/mol. The number of ether oxygens (including phenoxy) is 1. The molecule has 0 radical (unpaired) electrons. The number of hydrogen-bond donors (Lipinski definition) is 2. The molecule has 0 saturated heterocycles. The van der Waals surface area contributed by atoms with Crippen LogP contribution in [0, 0.1) is 11.8 Å². The predicted molar refractivity (Wildman–Crippen MR) is 71.6 cm³/mol. The fraction of sp³-hybridized carbons (Fsp3) is 1.00. The zero-order chi connectivity index (χ0) is 15.7. The van der Waals surface area contributed by atoms with Gasteiger partial charge in [0.1, 0.15) is 6.61 Å². The van der Waals surface area contributed by atoms with Crippen molar-refractivity contribution in [2.75, 3.05) is 13.2 Å². The van der Waals surface area contributed by atoms with Gasteiger partial charge < -0.3 is 9.84 Å².